The van der Waals surface area contributed by atoms with Crippen LogP contribution < -0.4 is 0 Å². The molecular weight excluding hydrogens is 164 g/mol. The second-order valence-electron chi connectivity index (χ2n) is 3.00. The highest BCUT2D eigenvalue weighted by Crippen LogP contribution is 2.29. The maximum atomic E-state index is 10.9. The highest BCUT2D eigenvalue weighted by atomic mass is 16.1. The van der Waals surface area contributed by atoms with Crippen LogP contribution in [0.4, 0.5) is 0 Å². The summed E-state index contributed by atoms with van der Waals surface area (Å²) in [5.74, 6) is 0. The van der Waals surface area contributed by atoms with E-state index in [0.717, 1.165) is 6.42 Å². The van der Waals surface area contributed by atoms with E-state index in [1.165, 1.54) is 4.90 Å². The molecule has 1 atom stereocenters. The number of hydrogen-bond donors (Lipinski definition) is 0. The van der Waals surface area contributed by atoms with Crippen LogP contribution >= 0.6 is 0 Å². The Morgan fingerprint density at radius 3 is 3.54 bits per heavy atom. The summed E-state index contributed by atoms with van der Waals surface area (Å²) < 4.78 is 30.4. The number of rotatable bonds is 2. The Balaban J connectivity index is 2.51. The second-order valence-corrected chi connectivity index (χ2v) is 3.00. The van der Waals surface area contributed by atoms with E-state index in [9.17, 15) is 4.79 Å². The van der Waals surface area contributed by atoms with Crippen LogP contribution in [-0.4, -0.2) is 22.8 Å². The molecule has 1 aliphatic rings. The third-order valence-electron chi connectivity index (χ3n) is 2.25. The van der Waals surface area contributed by atoms with Crippen LogP contribution in [0.15, 0.2) is 24.4 Å². The van der Waals surface area contributed by atoms with Gasteiger partial charge in [0.25, 0.3) is 0 Å². The number of aromatic nitrogens is 1. The van der Waals surface area contributed by atoms with Gasteiger partial charge in [-0.3, -0.25) is 9.78 Å². The lowest BCUT2D eigenvalue weighted by Gasteiger charge is -2.19. The fourth-order valence-electron chi connectivity index (χ4n) is 1.62. The van der Waals surface area contributed by atoms with Crippen molar-refractivity contribution in [2.75, 3.05) is 6.54 Å². The molecule has 3 nitrogen and oxygen atoms in total. The maximum Gasteiger partial charge on any atom is 0.210 e. The van der Waals surface area contributed by atoms with Crippen molar-refractivity contribution in [2.45, 2.75) is 18.9 Å². The Morgan fingerprint density at radius 2 is 2.69 bits per heavy atom. The zero-order valence-electron chi connectivity index (χ0n) is 11.1. The van der Waals surface area contributed by atoms with Crippen molar-refractivity contribution in [1.29, 1.82) is 0 Å². The monoisotopic (exact) mass is 180 g/mol. The standard InChI is InChI=1S/C10H12N2O/c13-8-12-6-2-4-10(12)9-3-1-5-11-7-9/h1,3,5,7-8,10H,2,4,6H2/i1D,3D,5D,7D. The molecule has 0 saturated carbocycles. The summed E-state index contributed by atoms with van der Waals surface area (Å²) in [6, 6.07) is -0.785. The number of amides is 1. The summed E-state index contributed by atoms with van der Waals surface area (Å²) in [5, 5.41) is 0. The molecule has 1 amide bonds. The van der Waals surface area contributed by atoms with Crippen molar-refractivity contribution in [3.63, 3.8) is 0 Å². The van der Waals surface area contributed by atoms with Crippen molar-refractivity contribution < 1.29 is 10.3 Å². The van der Waals surface area contributed by atoms with E-state index < -0.39 is 0 Å². The highest BCUT2D eigenvalue weighted by molar-refractivity contribution is 5.49. The van der Waals surface area contributed by atoms with Crippen LogP contribution in [0.2, 0.25) is 0 Å². The fraction of sp³-hybridized carbons (Fsp3) is 0.400. The van der Waals surface area contributed by atoms with E-state index in [1.54, 1.807) is 0 Å². The number of carbonyl (C=O) groups is 1. The van der Waals surface area contributed by atoms with Crippen LogP contribution in [0, 0.1) is 0 Å². The van der Waals surface area contributed by atoms with E-state index in [4.69, 9.17) is 5.48 Å². The van der Waals surface area contributed by atoms with Crippen LogP contribution in [0.25, 0.3) is 0 Å². The molecule has 0 aliphatic carbocycles. The average Bonchev–Trinajstić information content (AvgIpc) is 2.74. The van der Waals surface area contributed by atoms with Gasteiger partial charge in [0.2, 0.25) is 6.41 Å². The molecule has 1 fully saturated rings. The quantitative estimate of drug-likeness (QED) is 0.644. The van der Waals surface area contributed by atoms with Crippen molar-refractivity contribution in [1.82, 2.24) is 9.88 Å². The molecule has 1 aromatic heterocycles. The Morgan fingerprint density at radius 1 is 1.77 bits per heavy atom. The molecule has 68 valence electrons. The van der Waals surface area contributed by atoms with E-state index in [1.807, 2.05) is 0 Å². The molecule has 1 unspecified atom stereocenters. The van der Waals surface area contributed by atoms with Crippen molar-refractivity contribution in [3.8, 4) is 0 Å². The normalized spacial score (nSPS) is 26.2. The molecule has 2 heterocycles. The molecule has 0 N–H and O–H groups in total. The Hall–Kier alpha value is -1.38. The van der Waals surface area contributed by atoms with E-state index >= 15 is 0 Å². The van der Waals surface area contributed by atoms with Crippen molar-refractivity contribution >= 4 is 6.41 Å². The first-order chi connectivity index (χ1) is 8.06. The lowest BCUT2D eigenvalue weighted by atomic mass is 10.1. The Kier molecular flexibility index (Phi) is 1.30. The molecule has 1 aromatic rings. The van der Waals surface area contributed by atoms with Gasteiger partial charge in [-0.15, -0.1) is 0 Å². The van der Waals surface area contributed by atoms with Crippen LogP contribution in [0.5, 0.6) is 0 Å². The zero-order valence-corrected chi connectivity index (χ0v) is 7.08. The lowest BCUT2D eigenvalue weighted by molar-refractivity contribution is -0.118. The average molecular weight is 180 g/mol. The number of carbonyl (C=O) groups excluding carboxylic acids is 1. The molecular formula is C10H12N2O. The molecule has 0 spiro atoms. The molecule has 0 radical (unpaired) electrons. The van der Waals surface area contributed by atoms with Gasteiger partial charge < -0.3 is 4.90 Å². The maximum absolute atomic E-state index is 10.9. The summed E-state index contributed by atoms with van der Waals surface area (Å²) in [4.78, 5) is 16.0. The highest BCUT2D eigenvalue weighted by Gasteiger charge is 2.24. The molecule has 13 heavy (non-hydrogen) atoms. The first-order valence-electron chi connectivity index (χ1n) is 6.21. The summed E-state index contributed by atoms with van der Waals surface area (Å²) >= 11 is 0. The summed E-state index contributed by atoms with van der Waals surface area (Å²) in [6.45, 7) is 0.600. The van der Waals surface area contributed by atoms with Crippen LogP contribution in [0.3, 0.4) is 0 Å². The van der Waals surface area contributed by atoms with Gasteiger partial charge >= 0.3 is 0 Å². The van der Waals surface area contributed by atoms with Gasteiger partial charge in [0.05, 0.1) is 11.5 Å². The van der Waals surface area contributed by atoms with Gasteiger partial charge in [-0.25, -0.2) is 0 Å². The first kappa shape index (κ1) is 4.74. The van der Waals surface area contributed by atoms with Gasteiger partial charge in [0, 0.05) is 18.9 Å². The molecule has 1 aliphatic heterocycles. The summed E-state index contributed by atoms with van der Waals surface area (Å²) in [6.07, 6.45) is 1.66. The first-order valence-corrected chi connectivity index (χ1v) is 4.21. The molecule has 3 heteroatoms. The number of hydrogen-bond acceptors (Lipinski definition) is 2. The predicted molar refractivity (Wildman–Crippen MR) is 49.0 cm³/mol. The van der Waals surface area contributed by atoms with Crippen LogP contribution in [-0.2, 0) is 4.79 Å². The SMILES string of the molecule is [2H]c1nc([2H])c(C2CCCN2C=O)c([2H])c1[2H]. The van der Waals surface area contributed by atoms with Gasteiger partial charge in [-0.05, 0) is 24.4 Å². The molecule has 0 bridgehead atoms. The number of nitrogens with zero attached hydrogens (tertiary/aromatic N) is 2. The summed E-state index contributed by atoms with van der Waals surface area (Å²) in [7, 11) is 0. The van der Waals surface area contributed by atoms with E-state index in [2.05, 4.69) is 4.98 Å². The number of likely N-dealkylation sites (tertiary alicyclic amines) is 1. The van der Waals surface area contributed by atoms with Gasteiger partial charge in [0.1, 0.15) is 0 Å². The van der Waals surface area contributed by atoms with Gasteiger partial charge in [-0.1, -0.05) is 6.04 Å². The topological polar surface area (TPSA) is 33.2 Å². The smallest absolute Gasteiger partial charge is 0.210 e. The molecule has 2 rings (SSSR count). The zero-order chi connectivity index (χ0) is 12.6. The third-order valence-corrected chi connectivity index (χ3v) is 2.25. The second kappa shape index (κ2) is 3.56. The molecule has 1 saturated heterocycles. The third kappa shape index (κ3) is 1.54. The van der Waals surface area contributed by atoms with E-state index in [0.29, 0.717) is 19.4 Å². The lowest BCUT2D eigenvalue weighted by Crippen LogP contribution is -2.21. The Labute approximate surface area is 83.0 Å². The van der Waals surface area contributed by atoms with Gasteiger partial charge in [0.15, 0.2) is 0 Å². The minimum absolute atomic E-state index is 0.159. The predicted octanol–water partition coefficient (Wildman–Crippen LogP) is 1.37. The van der Waals surface area contributed by atoms with Crippen molar-refractivity contribution in [2.24, 2.45) is 0 Å². The van der Waals surface area contributed by atoms with Crippen molar-refractivity contribution in [3.05, 3.63) is 30.0 Å². The molecule has 0 aromatic carbocycles. The van der Waals surface area contributed by atoms with Crippen LogP contribution in [0.1, 0.15) is 29.9 Å². The Bertz CT molecular complexity index is 466. The number of pyridine rings is 1. The largest absolute Gasteiger partial charge is 0.338 e. The minimum Gasteiger partial charge on any atom is -0.338 e. The van der Waals surface area contributed by atoms with Gasteiger partial charge in [-0.2, -0.15) is 0 Å². The minimum atomic E-state index is -0.362. The fourth-order valence-corrected chi connectivity index (χ4v) is 1.62. The summed E-state index contributed by atoms with van der Waals surface area (Å²) in [5.41, 5.74) is 0.288. The van der Waals surface area contributed by atoms with E-state index in [-0.39, 0.29) is 36.0 Å².